The second kappa shape index (κ2) is 9.00. The van der Waals surface area contributed by atoms with E-state index in [1.54, 1.807) is 12.1 Å². The number of hydrogen-bond donors (Lipinski definition) is 4. The first kappa shape index (κ1) is 20.2. The number of nitrogens with one attached hydrogen (secondary N) is 1. The van der Waals surface area contributed by atoms with Crippen molar-refractivity contribution in [3.05, 3.63) is 29.8 Å². The lowest BCUT2D eigenvalue weighted by Gasteiger charge is -2.42. The number of benzene rings is 1. The van der Waals surface area contributed by atoms with Gasteiger partial charge in [-0.1, -0.05) is 18.2 Å². The summed E-state index contributed by atoms with van der Waals surface area (Å²) in [5.41, 5.74) is 0.906. The average Bonchev–Trinajstić information content (AvgIpc) is 2.62. The first-order valence-corrected chi connectivity index (χ1v) is 8.28. The first-order valence-electron chi connectivity index (χ1n) is 8.28. The van der Waals surface area contributed by atoms with Crippen molar-refractivity contribution in [3.63, 3.8) is 0 Å². The number of rotatable bonds is 6. The second-order valence-corrected chi connectivity index (χ2v) is 5.96. The highest BCUT2D eigenvalue weighted by Gasteiger charge is 2.46. The molecule has 144 valence electrons. The van der Waals surface area contributed by atoms with Crippen LogP contribution >= 0.6 is 0 Å². The van der Waals surface area contributed by atoms with Crippen molar-refractivity contribution in [2.24, 2.45) is 0 Å². The quantitative estimate of drug-likeness (QED) is 0.561. The van der Waals surface area contributed by atoms with Crippen LogP contribution in [0.2, 0.25) is 0 Å². The van der Waals surface area contributed by atoms with Crippen molar-refractivity contribution in [2.75, 3.05) is 13.7 Å². The second-order valence-electron chi connectivity index (χ2n) is 5.96. The summed E-state index contributed by atoms with van der Waals surface area (Å²) in [6, 6.07) is 4.22. The number of amides is 1. The Morgan fingerprint density at radius 3 is 2.62 bits per heavy atom. The van der Waals surface area contributed by atoms with Crippen molar-refractivity contribution < 1.29 is 34.3 Å². The maximum atomic E-state index is 11.5. The highest BCUT2D eigenvalue weighted by Crippen LogP contribution is 2.32. The summed E-state index contributed by atoms with van der Waals surface area (Å²) in [6.45, 7) is 2.66. The van der Waals surface area contributed by atoms with Gasteiger partial charge < -0.3 is 34.8 Å². The van der Waals surface area contributed by atoms with E-state index in [-0.39, 0.29) is 0 Å². The van der Waals surface area contributed by atoms with Gasteiger partial charge in [0.1, 0.15) is 24.4 Å². The zero-order valence-electron chi connectivity index (χ0n) is 15.0. The van der Waals surface area contributed by atoms with Crippen LogP contribution in [0.1, 0.15) is 19.4 Å². The van der Waals surface area contributed by atoms with Crippen LogP contribution in [-0.2, 0) is 9.53 Å². The topological polar surface area (TPSA) is 117 Å². The van der Waals surface area contributed by atoms with E-state index in [0.717, 1.165) is 5.56 Å². The molecule has 1 amide bonds. The fraction of sp³-hybridized carbons (Fsp3) is 0.500. The standard InChI is InChI=1S/C18H25NO7/c1-4-5-11-6-7-12(13(8-11)24-3)25-18-15(19-10(2)21)17(23)16(22)14(9-20)26-18/h4-8,14-18,20,22-23H,9H2,1-3H3,(H,19,21)/t14-,15-,16-,17-,18-/m1/s1. The zero-order valence-corrected chi connectivity index (χ0v) is 15.0. The third kappa shape index (κ3) is 4.53. The third-order valence-electron chi connectivity index (χ3n) is 4.04. The monoisotopic (exact) mass is 367 g/mol. The lowest BCUT2D eigenvalue weighted by atomic mass is 9.97. The predicted molar refractivity (Wildman–Crippen MR) is 93.7 cm³/mol. The molecular weight excluding hydrogens is 342 g/mol. The van der Waals surface area contributed by atoms with Crippen LogP contribution in [0, 0.1) is 0 Å². The number of carbonyl (C=O) groups excluding carboxylic acids is 1. The van der Waals surface area contributed by atoms with Gasteiger partial charge in [0.25, 0.3) is 0 Å². The summed E-state index contributed by atoms with van der Waals surface area (Å²) >= 11 is 0. The molecule has 1 saturated heterocycles. The minimum Gasteiger partial charge on any atom is -0.493 e. The van der Waals surface area contributed by atoms with Crippen molar-refractivity contribution in [2.45, 2.75) is 44.5 Å². The highest BCUT2D eigenvalue weighted by molar-refractivity contribution is 5.73. The molecule has 1 heterocycles. The van der Waals surface area contributed by atoms with E-state index in [0.29, 0.717) is 11.5 Å². The third-order valence-corrected chi connectivity index (χ3v) is 4.04. The van der Waals surface area contributed by atoms with Crippen LogP contribution in [0.4, 0.5) is 0 Å². The molecule has 0 spiro atoms. The van der Waals surface area contributed by atoms with Gasteiger partial charge in [-0.2, -0.15) is 0 Å². The molecule has 2 rings (SSSR count). The van der Waals surface area contributed by atoms with Gasteiger partial charge in [-0.05, 0) is 24.6 Å². The van der Waals surface area contributed by atoms with E-state index in [1.165, 1.54) is 14.0 Å². The van der Waals surface area contributed by atoms with Gasteiger partial charge in [-0.15, -0.1) is 0 Å². The molecule has 1 aromatic carbocycles. The Morgan fingerprint density at radius 1 is 1.31 bits per heavy atom. The van der Waals surface area contributed by atoms with Crippen LogP contribution in [0.5, 0.6) is 11.5 Å². The van der Waals surface area contributed by atoms with Gasteiger partial charge in [-0.25, -0.2) is 0 Å². The van der Waals surface area contributed by atoms with Crippen LogP contribution in [0.25, 0.3) is 6.08 Å². The average molecular weight is 367 g/mol. The maximum Gasteiger partial charge on any atom is 0.223 e. The number of ether oxygens (including phenoxy) is 3. The minimum absolute atomic E-state index is 0.335. The summed E-state index contributed by atoms with van der Waals surface area (Å²) in [4.78, 5) is 11.5. The van der Waals surface area contributed by atoms with Crippen molar-refractivity contribution in [1.82, 2.24) is 5.32 Å². The SMILES string of the molecule is CC=Cc1ccc(O[C@@H]2O[C@H](CO)[C@@H](O)[C@H](O)[C@H]2NC(C)=O)c(OC)c1. The summed E-state index contributed by atoms with van der Waals surface area (Å²) in [5.74, 6) is 0.351. The van der Waals surface area contributed by atoms with Gasteiger partial charge in [0.05, 0.1) is 13.7 Å². The predicted octanol–water partition coefficient (Wildman–Crippen LogP) is 0.0508. The maximum absolute atomic E-state index is 11.5. The fourth-order valence-electron chi connectivity index (χ4n) is 2.77. The normalized spacial score (nSPS) is 28.8. The van der Waals surface area contributed by atoms with Crippen LogP contribution in [-0.4, -0.2) is 65.6 Å². The molecule has 4 N–H and O–H groups in total. The number of methoxy groups -OCH3 is 1. The van der Waals surface area contributed by atoms with Gasteiger partial charge in [0.2, 0.25) is 12.2 Å². The van der Waals surface area contributed by atoms with Gasteiger partial charge >= 0.3 is 0 Å². The molecule has 26 heavy (non-hydrogen) atoms. The summed E-state index contributed by atoms with van der Waals surface area (Å²) in [7, 11) is 1.49. The van der Waals surface area contributed by atoms with E-state index in [1.807, 2.05) is 25.1 Å². The van der Waals surface area contributed by atoms with Crippen LogP contribution in [0.15, 0.2) is 24.3 Å². The van der Waals surface area contributed by atoms with E-state index < -0.39 is 43.2 Å². The van der Waals surface area contributed by atoms with Crippen LogP contribution < -0.4 is 14.8 Å². The molecule has 1 aliphatic heterocycles. The molecule has 0 saturated carbocycles. The Morgan fingerprint density at radius 2 is 2.04 bits per heavy atom. The summed E-state index contributed by atoms with van der Waals surface area (Å²) in [6.07, 6.45) is -1.13. The Labute approximate surface area is 152 Å². The number of aliphatic hydroxyl groups is 3. The largest absolute Gasteiger partial charge is 0.493 e. The van der Waals surface area contributed by atoms with Crippen molar-refractivity contribution in [3.8, 4) is 11.5 Å². The molecule has 0 unspecified atom stereocenters. The molecule has 1 aliphatic rings. The first-order chi connectivity index (χ1) is 12.4. The van der Waals surface area contributed by atoms with Gasteiger partial charge in [0, 0.05) is 6.92 Å². The number of aliphatic hydroxyl groups excluding tert-OH is 3. The molecule has 0 bridgehead atoms. The lowest BCUT2D eigenvalue weighted by Crippen LogP contribution is -2.65. The van der Waals surface area contributed by atoms with Crippen molar-refractivity contribution in [1.29, 1.82) is 0 Å². The molecule has 5 atom stereocenters. The zero-order chi connectivity index (χ0) is 19.3. The highest BCUT2D eigenvalue weighted by atomic mass is 16.7. The molecule has 1 fully saturated rings. The Kier molecular flexibility index (Phi) is 6.98. The Bertz CT molecular complexity index is 648. The van der Waals surface area contributed by atoms with Crippen LogP contribution in [0.3, 0.4) is 0 Å². The number of allylic oxidation sites excluding steroid dienone is 1. The van der Waals surface area contributed by atoms with Crippen molar-refractivity contribution >= 4 is 12.0 Å². The molecular formula is C18H25NO7. The number of carbonyl (C=O) groups is 1. The van der Waals surface area contributed by atoms with E-state index >= 15 is 0 Å². The van der Waals surface area contributed by atoms with Gasteiger partial charge in [-0.3, -0.25) is 4.79 Å². The van der Waals surface area contributed by atoms with E-state index in [4.69, 9.17) is 14.2 Å². The molecule has 0 aliphatic carbocycles. The Balaban J connectivity index is 2.29. The minimum atomic E-state index is -1.37. The fourth-order valence-corrected chi connectivity index (χ4v) is 2.77. The van der Waals surface area contributed by atoms with Gasteiger partial charge in [0.15, 0.2) is 11.5 Å². The molecule has 8 heteroatoms. The molecule has 8 nitrogen and oxygen atoms in total. The lowest BCUT2D eigenvalue weighted by molar-refractivity contribution is -0.244. The van der Waals surface area contributed by atoms with E-state index in [9.17, 15) is 20.1 Å². The summed E-state index contributed by atoms with van der Waals surface area (Å²) < 4.78 is 16.7. The Hall–Kier alpha value is -2.13. The molecule has 0 radical (unpaired) electrons. The number of hydrogen-bond acceptors (Lipinski definition) is 7. The smallest absolute Gasteiger partial charge is 0.223 e. The summed E-state index contributed by atoms with van der Waals surface area (Å²) in [5, 5.41) is 32.2. The molecule has 1 aromatic rings. The molecule has 0 aromatic heterocycles. The van der Waals surface area contributed by atoms with E-state index in [2.05, 4.69) is 5.32 Å².